The van der Waals surface area contributed by atoms with E-state index in [1.807, 2.05) is 48.5 Å². The molecule has 4 aromatic rings. The fraction of sp³-hybridized carbons (Fsp3) is 0.148. The Bertz CT molecular complexity index is 1450. The van der Waals surface area contributed by atoms with Crippen LogP contribution in [-0.2, 0) is 4.79 Å². The number of aromatic nitrogens is 1. The van der Waals surface area contributed by atoms with Gasteiger partial charge in [0.2, 0.25) is 5.91 Å². The number of amides is 1. The lowest BCUT2D eigenvalue weighted by Gasteiger charge is -2.22. The highest BCUT2D eigenvalue weighted by Gasteiger charge is 2.32. The number of hydrogen-bond donors (Lipinski definition) is 0. The van der Waals surface area contributed by atoms with Crippen LogP contribution in [0.2, 0.25) is 10.0 Å². The highest BCUT2D eigenvalue weighted by molar-refractivity contribution is 6.31. The van der Waals surface area contributed by atoms with Crippen molar-refractivity contribution in [1.82, 2.24) is 9.99 Å². The van der Waals surface area contributed by atoms with Crippen molar-refractivity contribution in [1.29, 1.82) is 0 Å². The van der Waals surface area contributed by atoms with E-state index in [1.54, 1.807) is 31.5 Å². The lowest BCUT2D eigenvalue weighted by atomic mass is 9.98. The maximum Gasteiger partial charge on any atom is 0.240 e. The second-order valence-electron chi connectivity index (χ2n) is 8.12. The van der Waals surface area contributed by atoms with Crippen molar-refractivity contribution < 1.29 is 14.3 Å². The van der Waals surface area contributed by atoms with E-state index >= 15 is 0 Å². The molecule has 0 radical (unpaired) electrons. The first-order valence-corrected chi connectivity index (χ1v) is 11.7. The van der Waals surface area contributed by atoms with Crippen LogP contribution in [0.4, 0.5) is 0 Å². The van der Waals surface area contributed by atoms with E-state index in [0.29, 0.717) is 33.7 Å². The summed E-state index contributed by atoms with van der Waals surface area (Å²) >= 11 is 12.1. The van der Waals surface area contributed by atoms with Crippen LogP contribution < -0.4 is 9.47 Å². The molecule has 1 aromatic heterocycles. The summed E-state index contributed by atoms with van der Waals surface area (Å²) in [5.41, 5.74) is 3.38. The quantitative estimate of drug-likeness (QED) is 0.291. The minimum Gasteiger partial charge on any atom is -0.493 e. The molecule has 176 valence electrons. The maximum absolute atomic E-state index is 12.4. The Balaban J connectivity index is 1.45. The molecule has 0 spiro atoms. The molecule has 2 heterocycles. The lowest BCUT2D eigenvalue weighted by molar-refractivity contribution is -0.130. The SMILES string of the molecule is COc1cc(C2CC(c3ccc(Cl)cc3)=NN2C(C)=O)ccc1Oc1ccnc2cc(Cl)ccc12. The van der Waals surface area contributed by atoms with Gasteiger partial charge in [-0.2, -0.15) is 5.10 Å². The van der Waals surface area contributed by atoms with Crippen LogP contribution >= 0.6 is 23.2 Å². The average molecular weight is 506 g/mol. The van der Waals surface area contributed by atoms with Gasteiger partial charge >= 0.3 is 0 Å². The third-order valence-electron chi connectivity index (χ3n) is 5.87. The zero-order valence-corrected chi connectivity index (χ0v) is 20.5. The largest absolute Gasteiger partial charge is 0.493 e. The third-order valence-corrected chi connectivity index (χ3v) is 6.35. The van der Waals surface area contributed by atoms with Crippen molar-refractivity contribution in [3.05, 3.63) is 94.1 Å². The Morgan fingerprint density at radius 1 is 0.943 bits per heavy atom. The molecule has 1 atom stereocenters. The maximum atomic E-state index is 12.4. The second-order valence-corrected chi connectivity index (χ2v) is 8.99. The first kappa shape index (κ1) is 23.1. The number of carbonyl (C=O) groups is 1. The molecular weight excluding hydrogens is 485 g/mol. The molecule has 5 rings (SSSR count). The van der Waals surface area contributed by atoms with Gasteiger partial charge in [0.25, 0.3) is 0 Å². The molecule has 6 nitrogen and oxygen atoms in total. The summed E-state index contributed by atoms with van der Waals surface area (Å²) in [7, 11) is 1.59. The number of methoxy groups -OCH3 is 1. The van der Waals surface area contributed by atoms with Gasteiger partial charge in [0, 0.05) is 35.0 Å². The highest BCUT2D eigenvalue weighted by Crippen LogP contribution is 2.40. The van der Waals surface area contributed by atoms with Crippen LogP contribution in [-0.4, -0.2) is 28.7 Å². The van der Waals surface area contributed by atoms with Crippen LogP contribution in [0.15, 0.2) is 78.0 Å². The molecule has 0 N–H and O–H groups in total. The summed E-state index contributed by atoms with van der Waals surface area (Å²) in [6.45, 7) is 1.51. The number of halogens is 2. The summed E-state index contributed by atoms with van der Waals surface area (Å²) in [6.07, 6.45) is 2.24. The van der Waals surface area contributed by atoms with Gasteiger partial charge in [-0.1, -0.05) is 41.4 Å². The molecule has 0 fully saturated rings. The molecule has 0 aliphatic carbocycles. The van der Waals surface area contributed by atoms with Gasteiger partial charge in [-0.3, -0.25) is 9.78 Å². The van der Waals surface area contributed by atoms with Crippen molar-refractivity contribution in [3.63, 3.8) is 0 Å². The lowest BCUT2D eigenvalue weighted by Crippen LogP contribution is -2.24. The van der Waals surface area contributed by atoms with E-state index in [1.165, 1.54) is 11.9 Å². The first-order valence-electron chi connectivity index (χ1n) is 11.0. The summed E-state index contributed by atoms with van der Waals surface area (Å²) in [5, 5.41) is 8.21. The standard InChI is InChI=1S/C27H21Cl2N3O3/c1-16(33)32-24(15-22(31-32)17-3-6-19(28)7-4-17)18-5-10-26(27(13-18)34-2)35-25-11-12-30-23-14-20(29)8-9-21(23)25/h3-14,24H,15H2,1-2H3. The number of ether oxygens (including phenoxy) is 2. The number of nitrogens with zero attached hydrogens (tertiary/aromatic N) is 3. The Morgan fingerprint density at radius 3 is 2.46 bits per heavy atom. The third kappa shape index (κ3) is 4.67. The molecule has 8 heteroatoms. The number of carbonyl (C=O) groups excluding carboxylic acids is 1. The molecule has 0 saturated carbocycles. The van der Waals surface area contributed by atoms with E-state index in [4.69, 9.17) is 32.7 Å². The Kier molecular flexibility index (Phi) is 6.32. The Hall–Kier alpha value is -3.61. The monoisotopic (exact) mass is 505 g/mol. The molecule has 1 amide bonds. The van der Waals surface area contributed by atoms with Gasteiger partial charge in [0.1, 0.15) is 5.75 Å². The smallest absolute Gasteiger partial charge is 0.240 e. The van der Waals surface area contributed by atoms with Gasteiger partial charge in [-0.05, 0) is 59.7 Å². The molecular formula is C27H21Cl2N3O3. The van der Waals surface area contributed by atoms with E-state index in [0.717, 1.165) is 27.7 Å². The Labute approximate surface area is 212 Å². The number of fused-ring (bicyclic) bond motifs is 1. The number of hydrogen-bond acceptors (Lipinski definition) is 5. The molecule has 3 aromatic carbocycles. The van der Waals surface area contributed by atoms with Crippen LogP contribution in [0, 0.1) is 0 Å². The van der Waals surface area contributed by atoms with Crippen molar-refractivity contribution in [2.75, 3.05) is 7.11 Å². The predicted molar refractivity (Wildman–Crippen MR) is 138 cm³/mol. The van der Waals surface area contributed by atoms with Crippen LogP contribution in [0.5, 0.6) is 17.2 Å². The van der Waals surface area contributed by atoms with Crippen LogP contribution in [0.25, 0.3) is 10.9 Å². The molecule has 1 unspecified atom stereocenters. The average Bonchev–Trinajstić information content (AvgIpc) is 3.30. The molecule has 35 heavy (non-hydrogen) atoms. The number of rotatable bonds is 5. The van der Waals surface area contributed by atoms with Crippen molar-refractivity contribution in [2.45, 2.75) is 19.4 Å². The zero-order valence-electron chi connectivity index (χ0n) is 19.0. The second kappa shape index (κ2) is 9.56. The molecule has 0 saturated heterocycles. The van der Waals surface area contributed by atoms with E-state index in [2.05, 4.69) is 10.1 Å². The predicted octanol–water partition coefficient (Wildman–Crippen LogP) is 7.04. The fourth-order valence-electron chi connectivity index (χ4n) is 4.16. The number of hydrazone groups is 1. The van der Waals surface area contributed by atoms with E-state index in [9.17, 15) is 4.79 Å². The van der Waals surface area contributed by atoms with Gasteiger partial charge in [-0.25, -0.2) is 5.01 Å². The number of pyridine rings is 1. The van der Waals surface area contributed by atoms with Crippen molar-refractivity contribution >= 4 is 45.7 Å². The fourth-order valence-corrected chi connectivity index (χ4v) is 4.45. The zero-order chi connectivity index (χ0) is 24.5. The normalized spacial score (nSPS) is 15.3. The first-order chi connectivity index (χ1) is 16.9. The Morgan fingerprint density at radius 2 is 1.71 bits per heavy atom. The van der Waals surface area contributed by atoms with Crippen LogP contribution in [0.3, 0.4) is 0 Å². The molecule has 1 aliphatic heterocycles. The van der Waals surface area contributed by atoms with Gasteiger partial charge in [-0.15, -0.1) is 0 Å². The summed E-state index contributed by atoms with van der Waals surface area (Å²) in [6, 6.07) is 20.1. The van der Waals surface area contributed by atoms with Gasteiger partial charge in [0.15, 0.2) is 11.5 Å². The topological polar surface area (TPSA) is 64.0 Å². The van der Waals surface area contributed by atoms with Gasteiger partial charge in [0.05, 0.1) is 24.4 Å². The summed E-state index contributed by atoms with van der Waals surface area (Å²) < 4.78 is 11.9. The molecule has 1 aliphatic rings. The van der Waals surface area contributed by atoms with Crippen molar-refractivity contribution in [3.8, 4) is 17.2 Å². The van der Waals surface area contributed by atoms with E-state index in [-0.39, 0.29) is 11.9 Å². The summed E-state index contributed by atoms with van der Waals surface area (Å²) in [5.74, 6) is 1.59. The van der Waals surface area contributed by atoms with E-state index < -0.39 is 0 Å². The molecule has 0 bridgehead atoms. The van der Waals surface area contributed by atoms with Crippen LogP contribution in [0.1, 0.15) is 30.5 Å². The highest BCUT2D eigenvalue weighted by atomic mass is 35.5. The van der Waals surface area contributed by atoms with Gasteiger partial charge < -0.3 is 9.47 Å². The number of benzene rings is 3. The minimum absolute atomic E-state index is 0.139. The van der Waals surface area contributed by atoms with Crippen molar-refractivity contribution in [2.24, 2.45) is 5.10 Å². The minimum atomic E-state index is -0.259. The summed E-state index contributed by atoms with van der Waals surface area (Å²) in [4.78, 5) is 16.8.